The molecule has 0 aromatic rings. The van der Waals surface area contributed by atoms with Crippen molar-refractivity contribution in [1.82, 2.24) is 13.5 Å². The summed E-state index contributed by atoms with van der Waals surface area (Å²) in [7, 11) is -3.37. The van der Waals surface area contributed by atoms with Crippen LogP contribution < -0.4 is 0 Å². The van der Waals surface area contributed by atoms with Crippen LogP contribution in [0.3, 0.4) is 0 Å². The third kappa shape index (κ3) is 2.86. The number of ether oxygens (including phenoxy) is 1. The maximum Gasteiger partial charge on any atom is 0.282 e. The van der Waals surface area contributed by atoms with Gasteiger partial charge in [0.2, 0.25) is 0 Å². The van der Waals surface area contributed by atoms with Gasteiger partial charge in [0.05, 0.1) is 13.2 Å². The number of morpholine rings is 1. The lowest BCUT2D eigenvalue weighted by Gasteiger charge is -2.45. The highest BCUT2D eigenvalue weighted by molar-refractivity contribution is 7.86. The molecule has 3 fully saturated rings. The Morgan fingerprint density at radius 3 is 2.71 bits per heavy atom. The summed E-state index contributed by atoms with van der Waals surface area (Å²) in [6.45, 7) is 8.18. The fourth-order valence-corrected chi connectivity index (χ4v) is 5.91. The zero-order valence-corrected chi connectivity index (χ0v) is 13.9. The molecule has 0 aromatic carbocycles. The first-order valence-electron chi connectivity index (χ1n) is 8.14. The van der Waals surface area contributed by atoms with Crippen LogP contribution in [0.2, 0.25) is 0 Å². The minimum atomic E-state index is -3.37. The van der Waals surface area contributed by atoms with Crippen molar-refractivity contribution in [2.75, 3.05) is 39.4 Å². The Hall–Kier alpha value is -0.210. The zero-order valence-electron chi connectivity index (χ0n) is 13.1. The van der Waals surface area contributed by atoms with E-state index in [1.165, 1.54) is 6.42 Å². The van der Waals surface area contributed by atoms with Crippen LogP contribution in [0.15, 0.2) is 0 Å². The van der Waals surface area contributed by atoms with Crippen molar-refractivity contribution in [3.8, 4) is 0 Å². The van der Waals surface area contributed by atoms with E-state index in [0.717, 1.165) is 25.9 Å². The van der Waals surface area contributed by atoms with E-state index in [-0.39, 0.29) is 12.1 Å². The first-order valence-corrected chi connectivity index (χ1v) is 9.54. The van der Waals surface area contributed by atoms with Crippen molar-refractivity contribution in [1.29, 1.82) is 0 Å². The Kier molecular flexibility index (Phi) is 4.57. The molecule has 7 heteroatoms. The second-order valence-corrected chi connectivity index (χ2v) is 8.30. The molecule has 0 aromatic heterocycles. The maximum absolute atomic E-state index is 13.1. The first kappa shape index (κ1) is 15.7. The van der Waals surface area contributed by atoms with Crippen LogP contribution in [0, 0.1) is 0 Å². The Morgan fingerprint density at radius 1 is 1.19 bits per heavy atom. The van der Waals surface area contributed by atoms with Crippen molar-refractivity contribution in [3.05, 3.63) is 0 Å². The molecule has 0 saturated carbocycles. The fourth-order valence-electron chi connectivity index (χ4n) is 3.87. The number of piperazine rings is 1. The highest BCUT2D eigenvalue weighted by atomic mass is 32.2. The molecule has 3 heterocycles. The van der Waals surface area contributed by atoms with Crippen molar-refractivity contribution < 1.29 is 13.2 Å². The predicted octanol–water partition coefficient (Wildman–Crippen LogP) is 0.511. The molecule has 3 saturated heterocycles. The quantitative estimate of drug-likeness (QED) is 0.761. The lowest BCUT2D eigenvalue weighted by molar-refractivity contribution is 0.0310. The predicted molar refractivity (Wildman–Crippen MR) is 81.3 cm³/mol. The van der Waals surface area contributed by atoms with Gasteiger partial charge < -0.3 is 4.74 Å². The van der Waals surface area contributed by atoms with Gasteiger partial charge in [0.15, 0.2) is 0 Å². The van der Waals surface area contributed by atoms with Crippen molar-refractivity contribution in [3.63, 3.8) is 0 Å². The minimum absolute atomic E-state index is 0.0668. The molecule has 3 aliphatic heterocycles. The summed E-state index contributed by atoms with van der Waals surface area (Å²) in [5, 5.41) is 0. The van der Waals surface area contributed by atoms with Gasteiger partial charge in [0.1, 0.15) is 0 Å². The van der Waals surface area contributed by atoms with Gasteiger partial charge in [-0.3, -0.25) is 4.90 Å². The Balaban J connectivity index is 1.82. The Labute approximate surface area is 128 Å². The summed E-state index contributed by atoms with van der Waals surface area (Å²) in [6.07, 6.45) is 3.20. The molecule has 0 radical (unpaired) electrons. The molecule has 3 aliphatic rings. The van der Waals surface area contributed by atoms with Crippen LogP contribution in [0.1, 0.15) is 33.1 Å². The monoisotopic (exact) mass is 317 g/mol. The van der Waals surface area contributed by atoms with Gasteiger partial charge in [-0.25, -0.2) is 0 Å². The number of hydrogen-bond donors (Lipinski definition) is 0. The van der Waals surface area contributed by atoms with Crippen molar-refractivity contribution in [2.45, 2.75) is 51.2 Å². The van der Waals surface area contributed by atoms with Crippen molar-refractivity contribution >= 4 is 10.2 Å². The largest absolute Gasteiger partial charge is 0.378 e. The topological polar surface area (TPSA) is 53.1 Å². The summed E-state index contributed by atoms with van der Waals surface area (Å²) in [4.78, 5) is 2.48. The Morgan fingerprint density at radius 2 is 2.00 bits per heavy atom. The second-order valence-electron chi connectivity index (χ2n) is 6.47. The van der Waals surface area contributed by atoms with Crippen LogP contribution in [-0.4, -0.2) is 79.4 Å². The van der Waals surface area contributed by atoms with Gasteiger partial charge in [-0.2, -0.15) is 17.0 Å². The molecule has 0 unspecified atom stereocenters. The van der Waals surface area contributed by atoms with E-state index in [1.807, 2.05) is 6.92 Å². The molecular formula is C14H27N3O3S. The van der Waals surface area contributed by atoms with E-state index in [0.29, 0.717) is 32.3 Å². The molecule has 3 rings (SSSR count). The van der Waals surface area contributed by atoms with Crippen LogP contribution in [0.5, 0.6) is 0 Å². The van der Waals surface area contributed by atoms with E-state index in [9.17, 15) is 8.42 Å². The summed E-state index contributed by atoms with van der Waals surface area (Å²) in [5.74, 6) is 0. The molecule has 0 amide bonds. The molecule has 0 aliphatic carbocycles. The lowest BCUT2D eigenvalue weighted by atomic mass is 10.1. The normalized spacial score (nSPS) is 36.8. The summed E-state index contributed by atoms with van der Waals surface area (Å²) >= 11 is 0. The molecule has 21 heavy (non-hydrogen) atoms. The number of fused-ring (bicyclic) bond motifs is 1. The number of hydrogen-bond acceptors (Lipinski definition) is 4. The van der Waals surface area contributed by atoms with Crippen LogP contribution in [0.25, 0.3) is 0 Å². The van der Waals surface area contributed by atoms with Crippen molar-refractivity contribution in [2.24, 2.45) is 0 Å². The van der Waals surface area contributed by atoms with E-state index in [4.69, 9.17) is 4.74 Å². The van der Waals surface area contributed by atoms with Gasteiger partial charge in [-0.1, -0.05) is 6.92 Å². The third-order valence-electron chi connectivity index (χ3n) is 5.11. The van der Waals surface area contributed by atoms with Crippen LogP contribution in [-0.2, 0) is 14.9 Å². The van der Waals surface area contributed by atoms with Crippen LogP contribution >= 0.6 is 0 Å². The van der Waals surface area contributed by atoms with Gasteiger partial charge in [-0.05, 0) is 32.7 Å². The molecule has 0 N–H and O–H groups in total. The van der Waals surface area contributed by atoms with E-state index >= 15 is 0 Å². The molecule has 3 atom stereocenters. The molecule has 122 valence electrons. The number of rotatable bonds is 3. The summed E-state index contributed by atoms with van der Waals surface area (Å²) in [5.41, 5.74) is 0. The average Bonchev–Trinajstić information content (AvgIpc) is 2.93. The highest BCUT2D eigenvalue weighted by Crippen LogP contribution is 2.29. The molecule has 0 bridgehead atoms. The first-order chi connectivity index (χ1) is 10.0. The molecule has 0 spiro atoms. The van der Waals surface area contributed by atoms with E-state index < -0.39 is 10.2 Å². The second kappa shape index (κ2) is 6.12. The van der Waals surface area contributed by atoms with Gasteiger partial charge in [-0.15, -0.1) is 0 Å². The minimum Gasteiger partial charge on any atom is -0.378 e. The SMILES string of the molecule is CC[C@@H]1CN2CCC[C@@H]2CN1S(=O)(=O)N1CCOC[C@@H]1C. The van der Waals surface area contributed by atoms with Gasteiger partial charge in [0, 0.05) is 37.8 Å². The smallest absolute Gasteiger partial charge is 0.282 e. The fraction of sp³-hybridized carbons (Fsp3) is 1.00. The molecule has 6 nitrogen and oxygen atoms in total. The lowest BCUT2D eigenvalue weighted by Crippen LogP contribution is -2.62. The van der Waals surface area contributed by atoms with Gasteiger partial charge >= 0.3 is 0 Å². The summed E-state index contributed by atoms with van der Waals surface area (Å²) in [6, 6.07) is 0.459. The molecular weight excluding hydrogens is 290 g/mol. The van der Waals surface area contributed by atoms with Crippen LogP contribution in [0.4, 0.5) is 0 Å². The average molecular weight is 317 g/mol. The maximum atomic E-state index is 13.1. The summed E-state index contributed by atoms with van der Waals surface area (Å²) < 4.78 is 35.0. The third-order valence-corrected chi connectivity index (χ3v) is 7.29. The number of nitrogens with zero attached hydrogens (tertiary/aromatic N) is 3. The van der Waals surface area contributed by atoms with Gasteiger partial charge in [0.25, 0.3) is 10.2 Å². The van der Waals surface area contributed by atoms with E-state index in [2.05, 4.69) is 11.8 Å². The standard InChI is InChI=1S/C14H27N3O3S/c1-3-13-9-15-6-4-5-14(15)10-17(13)21(18,19)16-7-8-20-11-12(16)2/h12-14H,3-11H2,1-2H3/t12-,13+,14+/m0/s1. The zero-order chi connectivity index (χ0) is 15.0. The Bertz CT molecular complexity index is 470. The highest BCUT2D eigenvalue weighted by Gasteiger charge is 2.44. The van der Waals surface area contributed by atoms with E-state index in [1.54, 1.807) is 8.61 Å².